The Hall–Kier alpha value is -1.16. The van der Waals surface area contributed by atoms with Crippen LogP contribution in [0.15, 0.2) is 6.33 Å². The Morgan fingerprint density at radius 3 is 2.94 bits per heavy atom. The van der Waals surface area contributed by atoms with Crippen molar-refractivity contribution in [3.05, 3.63) is 17.6 Å². The van der Waals surface area contributed by atoms with E-state index in [2.05, 4.69) is 21.8 Å². The lowest BCUT2D eigenvalue weighted by Crippen LogP contribution is -2.67. The Bertz CT molecular complexity index is 409. The van der Waals surface area contributed by atoms with Gasteiger partial charge < -0.3 is 10.6 Å². The first-order chi connectivity index (χ1) is 7.72. The molecular formula is C12H18N4. The van der Waals surface area contributed by atoms with Crippen LogP contribution in [0, 0.1) is 0 Å². The van der Waals surface area contributed by atoms with Crippen molar-refractivity contribution in [2.75, 3.05) is 18.0 Å². The van der Waals surface area contributed by atoms with Crippen LogP contribution in [0.4, 0.5) is 5.82 Å². The molecule has 0 bridgehead atoms. The van der Waals surface area contributed by atoms with E-state index in [1.165, 1.54) is 17.7 Å². The third-order valence-corrected chi connectivity index (χ3v) is 3.87. The molecule has 1 aromatic heterocycles. The molecule has 2 heterocycles. The molecule has 86 valence electrons. The summed E-state index contributed by atoms with van der Waals surface area (Å²) in [6, 6.07) is 0. The van der Waals surface area contributed by atoms with Crippen LogP contribution in [-0.2, 0) is 12.8 Å². The predicted molar refractivity (Wildman–Crippen MR) is 63.5 cm³/mol. The average Bonchev–Trinajstić information content (AvgIpc) is 2.72. The number of anilines is 1. The van der Waals surface area contributed by atoms with Crippen LogP contribution in [0.25, 0.3) is 0 Å². The Balaban J connectivity index is 1.85. The first kappa shape index (κ1) is 10.0. The molecule has 4 heteroatoms. The van der Waals surface area contributed by atoms with Crippen molar-refractivity contribution in [2.24, 2.45) is 5.73 Å². The molecule has 1 saturated heterocycles. The maximum absolute atomic E-state index is 6.19. The van der Waals surface area contributed by atoms with Gasteiger partial charge in [0.05, 0.1) is 5.54 Å². The normalized spacial score (nSPS) is 21.8. The molecule has 16 heavy (non-hydrogen) atoms. The number of hydrogen-bond acceptors (Lipinski definition) is 4. The summed E-state index contributed by atoms with van der Waals surface area (Å²) in [6.07, 6.45) is 6.20. The van der Waals surface area contributed by atoms with E-state index < -0.39 is 0 Å². The fourth-order valence-corrected chi connectivity index (χ4v) is 2.70. The van der Waals surface area contributed by atoms with Gasteiger partial charge in [0.1, 0.15) is 12.1 Å². The number of rotatable bonds is 2. The third kappa shape index (κ3) is 1.40. The summed E-state index contributed by atoms with van der Waals surface area (Å²) in [7, 11) is 0. The van der Waals surface area contributed by atoms with E-state index in [0.29, 0.717) is 0 Å². The molecule has 0 aromatic carbocycles. The summed E-state index contributed by atoms with van der Waals surface area (Å²) in [5.74, 6) is 1.14. The average molecular weight is 218 g/mol. The highest BCUT2D eigenvalue weighted by atomic mass is 15.3. The van der Waals surface area contributed by atoms with Crippen LogP contribution >= 0.6 is 0 Å². The number of hydrogen-bond donors (Lipinski definition) is 1. The quantitative estimate of drug-likeness (QED) is 0.801. The fraction of sp³-hybridized carbons (Fsp3) is 0.667. The molecule has 2 N–H and O–H groups in total. The molecule has 0 saturated carbocycles. The lowest BCUT2D eigenvalue weighted by Gasteiger charge is -2.48. The number of nitrogens with two attached hydrogens (primary N) is 1. The Labute approximate surface area is 95.9 Å². The predicted octanol–water partition coefficient (Wildman–Crippen LogP) is 0.893. The van der Waals surface area contributed by atoms with E-state index in [-0.39, 0.29) is 5.54 Å². The zero-order valence-electron chi connectivity index (χ0n) is 9.74. The van der Waals surface area contributed by atoms with Crippen LogP contribution in [-0.4, -0.2) is 28.6 Å². The van der Waals surface area contributed by atoms with E-state index in [1.807, 2.05) is 0 Å². The minimum atomic E-state index is 0.0104. The molecule has 0 unspecified atom stereocenters. The van der Waals surface area contributed by atoms with Gasteiger partial charge in [-0.05, 0) is 25.7 Å². The first-order valence-corrected chi connectivity index (χ1v) is 6.08. The van der Waals surface area contributed by atoms with Crippen LogP contribution in [0.1, 0.15) is 31.0 Å². The molecule has 3 rings (SSSR count). The molecule has 0 radical (unpaired) electrons. The molecule has 4 nitrogen and oxygen atoms in total. The number of aryl methyl sites for hydroxylation is 1. The highest BCUT2D eigenvalue weighted by molar-refractivity contribution is 5.53. The van der Waals surface area contributed by atoms with Gasteiger partial charge in [-0.1, -0.05) is 6.92 Å². The Morgan fingerprint density at radius 2 is 2.19 bits per heavy atom. The van der Waals surface area contributed by atoms with E-state index in [4.69, 9.17) is 5.73 Å². The smallest absolute Gasteiger partial charge is 0.135 e. The van der Waals surface area contributed by atoms with Gasteiger partial charge >= 0.3 is 0 Å². The molecule has 0 atom stereocenters. The van der Waals surface area contributed by atoms with Crippen molar-refractivity contribution in [3.8, 4) is 0 Å². The summed E-state index contributed by atoms with van der Waals surface area (Å²) in [4.78, 5) is 11.1. The fourth-order valence-electron chi connectivity index (χ4n) is 2.70. The lowest BCUT2D eigenvalue weighted by atomic mass is 9.88. The van der Waals surface area contributed by atoms with Crippen molar-refractivity contribution in [2.45, 2.75) is 38.1 Å². The van der Waals surface area contributed by atoms with Gasteiger partial charge in [0.15, 0.2) is 0 Å². The number of nitrogens with zero attached hydrogens (tertiary/aromatic N) is 3. The Morgan fingerprint density at radius 1 is 1.38 bits per heavy atom. The highest BCUT2D eigenvalue weighted by Crippen LogP contribution is 2.33. The third-order valence-electron chi connectivity index (χ3n) is 3.87. The second-order valence-corrected chi connectivity index (χ2v) is 5.05. The molecule has 1 aliphatic carbocycles. The molecule has 1 aromatic rings. The van der Waals surface area contributed by atoms with E-state index in [0.717, 1.165) is 38.2 Å². The number of aromatic nitrogens is 2. The van der Waals surface area contributed by atoms with E-state index >= 15 is 0 Å². The van der Waals surface area contributed by atoms with Gasteiger partial charge in [-0.15, -0.1) is 0 Å². The van der Waals surface area contributed by atoms with Crippen molar-refractivity contribution in [3.63, 3.8) is 0 Å². The van der Waals surface area contributed by atoms with Crippen molar-refractivity contribution in [1.82, 2.24) is 9.97 Å². The van der Waals surface area contributed by atoms with E-state index in [1.54, 1.807) is 6.33 Å². The van der Waals surface area contributed by atoms with Gasteiger partial charge in [-0.2, -0.15) is 0 Å². The summed E-state index contributed by atoms with van der Waals surface area (Å²) in [5.41, 5.74) is 8.81. The van der Waals surface area contributed by atoms with Gasteiger partial charge in [-0.3, -0.25) is 0 Å². The van der Waals surface area contributed by atoms with Gasteiger partial charge in [0, 0.05) is 24.3 Å². The van der Waals surface area contributed by atoms with Crippen molar-refractivity contribution >= 4 is 5.82 Å². The highest BCUT2D eigenvalue weighted by Gasteiger charge is 2.39. The van der Waals surface area contributed by atoms with Crippen LogP contribution in [0.2, 0.25) is 0 Å². The zero-order chi connectivity index (χ0) is 11.2. The maximum atomic E-state index is 6.19. The van der Waals surface area contributed by atoms with Crippen molar-refractivity contribution in [1.29, 1.82) is 0 Å². The largest absolute Gasteiger partial charge is 0.352 e. The van der Waals surface area contributed by atoms with E-state index in [9.17, 15) is 0 Å². The minimum Gasteiger partial charge on any atom is -0.352 e. The molecule has 0 spiro atoms. The van der Waals surface area contributed by atoms with Crippen LogP contribution in [0.3, 0.4) is 0 Å². The molecular weight excluding hydrogens is 200 g/mol. The van der Waals surface area contributed by atoms with Crippen LogP contribution in [0.5, 0.6) is 0 Å². The Kier molecular flexibility index (Phi) is 2.14. The SMILES string of the molecule is CCC1(N)CN(c2ncnc3c2CCC3)C1. The van der Waals surface area contributed by atoms with Gasteiger partial charge in [0.25, 0.3) is 0 Å². The first-order valence-electron chi connectivity index (χ1n) is 6.08. The van der Waals surface area contributed by atoms with Gasteiger partial charge in [-0.25, -0.2) is 9.97 Å². The molecule has 0 amide bonds. The molecule has 2 aliphatic rings. The molecule has 1 aliphatic heterocycles. The summed E-state index contributed by atoms with van der Waals surface area (Å²) in [5, 5.41) is 0. The van der Waals surface area contributed by atoms with Crippen molar-refractivity contribution < 1.29 is 0 Å². The summed E-state index contributed by atoms with van der Waals surface area (Å²) in [6.45, 7) is 4.03. The minimum absolute atomic E-state index is 0.0104. The van der Waals surface area contributed by atoms with Gasteiger partial charge in [0.2, 0.25) is 0 Å². The van der Waals surface area contributed by atoms with Crippen LogP contribution < -0.4 is 10.6 Å². The second-order valence-electron chi connectivity index (χ2n) is 5.05. The summed E-state index contributed by atoms with van der Waals surface area (Å²) >= 11 is 0. The topological polar surface area (TPSA) is 55.0 Å². The lowest BCUT2D eigenvalue weighted by molar-refractivity contribution is 0.319. The maximum Gasteiger partial charge on any atom is 0.135 e. The second kappa shape index (κ2) is 3.42. The zero-order valence-corrected chi connectivity index (χ0v) is 9.74. The molecule has 1 fully saturated rings. The number of fused-ring (bicyclic) bond motifs is 1. The standard InChI is InChI=1S/C12H18N4/c1-2-12(13)6-16(7-12)11-9-4-3-5-10(9)14-8-15-11/h8H,2-7,13H2,1H3. The summed E-state index contributed by atoms with van der Waals surface area (Å²) < 4.78 is 0. The monoisotopic (exact) mass is 218 g/mol.